The molecule has 13 heavy (non-hydrogen) atoms. The van der Waals surface area contributed by atoms with Gasteiger partial charge in [-0.15, -0.1) is 0 Å². The van der Waals surface area contributed by atoms with E-state index in [1.54, 1.807) is 6.04 Å². The second kappa shape index (κ2) is 8.76. The highest BCUT2D eigenvalue weighted by Crippen LogP contribution is 2.21. The molecule has 2 atom stereocenters. The Morgan fingerprint density at radius 3 is 2.31 bits per heavy atom. The fourth-order valence-electron chi connectivity index (χ4n) is 1.88. The van der Waals surface area contributed by atoms with E-state index < -0.39 is 8.80 Å². The Morgan fingerprint density at radius 2 is 1.85 bits per heavy atom. The number of hydrogen-bond donors (Lipinski definition) is 1. The van der Waals surface area contributed by atoms with Gasteiger partial charge in [-0.05, 0) is 19.1 Å². The largest absolute Gasteiger partial charge is 0.317 e. The molecule has 2 unspecified atom stereocenters. The van der Waals surface area contributed by atoms with Gasteiger partial charge < -0.3 is 5.32 Å². The molecule has 0 aromatic carbocycles. The highest BCUT2D eigenvalue weighted by atomic mass is 28.3. The zero-order chi connectivity index (χ0) is 10.1. The van der Waals surface area contributed by atoms with Gasteiger partial charge >= 0.3 is 0 Å². The summed E-state index contributed by atoms with van der Waals surface area (Å²) in [7, 11) is -0.422. The van der Waals surface area contributed by atoms with Crippen LogP contribution < -0.4 is 5.32 Å². The fraction of sp³-hybridized carbons (Fsp3) is 1.00. The van der Waals surface area contributed by atoms with Gasteiger partial charge in [-0.1, -0.05) is 52.1 Å². The van der Waals surface area contributed by atoms with Gasteiger partial charge in [-0.2, -0.15) is 0 Å². The standard InChI is InChI=1S/C11H27NSi/c1-5-9-13(11(4)6-2)10-8-12-7-3/h11-13H,5-10H2,1-4H3. The van der Waals surface area contributed by atoms with Crippen LogP contribution in [-0.2, 0) is 0 Å². The van der Waals surface area contributed by atoms with Gasteiger partial charge in [0.2, 0.25) is 0 Å². The van der Waals surface area contributed by atoms with Crippen LogP contribution in [0, 0.1) is 0 Å². The Labute approximate surface area is 85.9 Å². The molecular formula is C11H27NSi. The first-order valence-corrected chi connectivity index (χ1v) is 8.26. The van der Waals surface area contributed by atoms with E-state index in [4.69, 9.17) is 0 Å². The van der Waals surface area contributed by atoms with E-state index in [0.29, 0.717) is 0 Å². The van der Waals surface area contributed by atoms with Crippen LogP contribution in [0.3, 0.4) is 0 Å². The lowest BCUT2D eigenvalue weighted by Gasteiger charge is -2.20. The van der Waals surface area contributed by atoms with Gasteiger partial charge in [0.1, 0.15) is 0 Å². The van der Waals surface area contributed by atoms with Gasteiger partial charge in [0.15, 0.2) is 0 Å². The van der Waals surface area contributed by atoms with Gasteiger partial charge in [0.25, 0.3) is 0 Å². The van der Waals surface area contributed by atoms with Crippen molar-refractivity contribution in [2.45, 2.75) is 58.2 Å². The monoisotopic (exact) mass is 201 g/mol. The second-order valence-electron chi connectivity index (χ2n) is 4.08. The quantitative estimate of drug-likeness (QED) is 0.470. The van der Waals surface area contributed by atoms with Crippen LogP contribution in [0.25, 0.3) is 0 Å². The van der Waals surface area contributed by atoms with Crippen molar-refractivity contribution in [2.24, 2.45) is 0 Å². The third kappa shape index (κ3) is 6.27. The van der Waals surface area contributed by atoms with Crippen LogP contribution in [0.2, 0.25) is 17.6 Å². The lowest BCUT2D eigenvalue weighted by atomic mass is 10.4. The predicted octanol–water partition coefficient (Wildman–Crippen LogP) is 3.03. The summed E-state index contributed by atoms with van der Waals surface area (Å²) in [6.45, 7) is 11.7. The summed E-state index contributed by atoms with van der Waals surface area (Å²) in [4.78, 5) is 0. The molecule has 0 radical (unpaired) electrons. The van der Waals surface area contributed by atoms with E-state index in [1.165, 1.54) is 25.4 Å². The maximum atomic E-state index is 3.45. The topological polar surface area (TPSA) is 12.0 Å². The van der Waals surface area contributed by atoms with Gasteiger partial charge in [-0.3, -0.25) is 0 Å². The Kier molecular flexibility index (Phi) is 8.88. The van der Waals surface area contributed by atoms with Crippen LogP contribution in [0.4, 0.5) is 0 Å². The average Bonchev–Trinajstić information content (AvgIpc) is 2.16. The van der Waals surface area contributed by atoms with E-state index in [-0.39, 0.29) is 0 Å². The molecule has 0 aliphatic carbocycles. The van der Waals surface area contributed by atoms with Crippen molar-refractivity contribution < 1.29 is 0 Å². The minimum Gasteiger partial charge on any atom is -0.317 e. The lowest BCUT2D eigenvalue weighted by molar-refractivity contribution is 0.742. The molecule has 0 aliphatic rings. The van der Waals surface area contributed by atoms with Crippen molar-refractivity contribution in [2.75, 3.05) is 13.1 Å². The van der Waals surface area contributed by atoms with Crippen molar-refractivity contribution >= 4 is 8.80 Å². The molecule has 2 heteroatoms. The molecule has 0 heterocycles. The highest BCUT2D eigenvalue weighted by molar-refractivity contribution is 6.60. The molecule has 0 rings (SSSR count). The second-order valence-corrected chi connectivity index (χ2v) is 7.89. The van der Waals surface area contributed by atoms with Gasteiger partial charge in [-0.25, -0.2) is 0 Å². The molecule has 0 saturated heterocycles. The summed E-state index contributed by atoms with van der Waals surface area (Å²) in [5.41, 5.74) is 1.04. The third-order valence-electron chi connectivity index (χ3n) is 3.05. The summed E-state index contributed by atoms with van der Waals surface area (Å²) in [5.74, 6) is 0. The van der Waals surface area contributed by atoms with Crippen LogP contribution in [-0.4, -0.2) is 21.9 Å². The molecule has 0 fully saturated rings. The SMILES string of the molecule is CCC[SiH](CCNCC)C(C)CC. The molecule has 0 amide bonds. The molecule has 0 aromatic rings. The Hall–Kier alpha value is 0.177. The highest BCUT2D eigenvalue weighted by Gasteiger charge is 2.15. The number of nitrogens with one attached hydrogen (secondary N) is 1. The summed E-state index contributed by atoms with van der Waals surface area (Å²) in [6.07, 6.45) is 2.79. The zero-order valence-corrected chi connectivity index (χ0v) is 11.1. The maximum absolute atomic E-state index is 3.45. The minimum absolute atomic E-state index is 0.422. The molecule has 80 valence electrons. The molecule has 1 N–H and O–H groups in total. The molecule has 0 spiro atoms. The molecule has 0 aromatic heterocycles. The van der Waals surface area contributed by atoms with Crippen molar-refractivity contribution in [1.29, 1.82) is 0 Å². The maximum Gasteiger partial charge on any atom is 0.0408 e. The fourth-order valence-corrected chi connectivity index (χ4v) is 5.29. The molecule has 0 saturated carbocycles. The summed E-state index contributed by atoms with van der Waals surface area (Å²) in [6, 6.07) is 3.04. The summed E-state index contributed by atoms with van der Waals surface area (Å²) >= 11 is 0. The number of hydrogen-bond acceptors (Lipinski definition) is 1. The van der Waals surface area contributed by atoms with E-state index in [2.05, 4.69) is 33.0 Å². The Bertz CT molecular complexity index is 106. The smallest absolute Gasteiger partial charge is 0.0408 e. The van der Waals surface area contributed by atoms with E-state index in [0.717, 1.165) is 12.1 Å². The Balaban J connectivity index is 3.65. The van der Waals surface area contributed by atoms with Crippen LogP contribution in [0.15, 0.2) is 0 Å². The molecule has 0 bridgehead atoms. The van der Waals surface area contributed by atoms with Crippen molar-refractivity contribution in [3.05, 3.63) is 0 Å². The lowest BCUT2D eigenvalue weighted by Crippen LogP contribution is -2.25. The Morgan fingerprint density at radius 1 is 1.15 bits per heavy atom. The third-order valence-corrected chi connectivity index (χ3v) is 7.48. The van der Waals surface area contributed by atoms with Crippen molar-refractivity contribution in [3.8, 4) is 0 Å². The molecule has 1 nitrogen and oxygen atoms in total. The summed E-state index contributed by atoms with van der Waals surface area (Å²) in [5, 5.41) is 3.45. The molecule has 0 aliphatic heterocycles. The molecular weight excluding hydrogens is 174 g/mol. The van der Waals surface area contributed by atoms with Crippen LogP contribution in [0.5, 0.6) is 0 Å². The first-order chi connectivity index (χ1) is 6.26. The summed E-state index contributed by atoms with van der Waals surface area (Å²) < 4.78 is 0. The van der Waals surface area contributed by atoms with E-state index in [9.17, 15) is 0 Å². The first kappa shape index (κ1) is 13.2. The normalized spacial score (nSPS) is 15.7. The van der Waals surface area contributed by atoms with Gasteiger partial charge in [0, 0.05) is 8.80 Å². The van der Waals surface area contributed by atoms with Crippen LogP contribution >= 0.6 is 0 Å². The van der Waals surface area contributed by atoms with Gasteiger partial charge in [0.05, 0.1) is 0 Å². The first-order valence-electron chi connectivity index (χ1n) is 5.96. The zero-order valence-electron chi connectivity index (χ0n) is 9.90. The average molecular weight is 201 g/mol. The predicted molar refractivity (Wildman–Crippen MR) is 65.3 cm³/mol. The number of rotatable bonds is 8. The van der Waals surface area contributed by atoms with Crippen LogP contribution in [0.1, 0.15) is 40.5 Å². The van der Waals surface area contributed by atoms with Crippen molar-refractivity contribution in [3.63, 3.8) is 0 Å². The minimum atomic E-state index is -0.422. The van der Waals surface area contributed by atoms with E-state index >= 15 is 0 Å². The van der Waals surface area contributed by atoms with Crippen molar-refractivity contribution in [1.82, 2.24) is 5.32 Å². The van der Waals surface area contributed by atoms with E-state index in [1.807, 2.05) is 0 Å².